The molecule has 9 nitrogen and oxygen atoms in total. The van der Waals surface area contributed by atoms with Crippen LogP contribution in [0.4, 0.5) is 0 Å². The summed E-state index contributed by atoms with van der Waals surface area (Å²) < 4.78 is 37.9. The molecule has 0 spiro atoms. The largest absolute Gasteiger partial charge is 0.495 e. The predicted octanol–water partition coefficient (Wildman–Crippen LogP) is 2.49. The third-order valence-corrected chi connectivity index (χ3v) is 4.13. The Morgan fingerprint density at radius 3 is 1.36 bits per heavy atom. The van der Waals surface area contributed by atoms with E-state index in [1.807, 2.05) is 0 Å². The van der Waals surface area contributed by atoms with Crippen molar-refractivity contribution in [1.82, 2.24) is 0 Å². The third kappa shape index (κ3) is 3.13. The topological polar surface area (TPSA) is 98.8 Å². The van der Waals surface area contributed by atoms with Gasteiger partial charge in [-0.05, 0) is 0 Å². The molecule has 0 saturated carbocycles. The molecule has 0 aromatic heterocycles. The van der Waals surface area contributed by atoms with Crippen LogP contribution in [0.1, 0.15) is 20.7 Å². The normalized spacial score (nSPS) is 10.4. The molecule has 0 aliphatic heterocycles. The number of aldehydes is 2. The molecular formula is C19H22O9. The first-order chi connectivity index (χ1) is 13.6. The molecule has 152 valence electrons. The first-order valence-corrected chi connectivity index (χ1v) is 8.05. The lowest BCUT2D eigenvalue weighted by atomic mass is 9.97. The SMILES string of the molecule is COCOc1c(C=O)c(OC)c2c(OC)c(C=O)c(OC)c(OC)c2c1OC. The van der Waals surface area contributed by atoms with Gasteiger partial charge >= 0.3 is 0 Å². The van der Waals surface area contributed by atoms with Gasteiger partial charge in [0.05, 0.1) is 46.3 Å². The van der Waals surface area contributed by atoms with Gasteiger partial charge in [0.2, 0.25) is 0 Å². The first-order valence-electron chi connectivity index (χ1n) is 8.05. The van der Waals surface area contributed by atoms with Crippen molar-refractivity contribution in [3.63, 3.8) is 0 Å². The lowest BCUT2D eigenvalue weighted by Gasteiger charge is -2.23. The van der Waals surface area contributed by atoms with E-state index in [4.69, 9.17) is 33.2 Å². The highest BCUT2D eigenvalue weighted by Gasteiger charge is 2.32. The van der Waals surface area contributed by atoms with Crippen LogP contribution in [0.5, 0.6) is 34.5 Å². The van der Waals surface area contributed by atoms with Crippen LogP contribution in [0.15, 0.2) is 0 Å². The maximum absolute atomic E-state index is 11.9. The van der Waals surface area contributed by atoms with Crippen LogP contribution < -0.4 is 28.4 Å². The van der Waals surface area contributed by atoms with E-state index in [0.717, 1.165) is 0 Å². The summed E-state index contributed by atoms with van der Waals surface area (Å²) in [5, 5.41) is 0.645. The molecule has 0 radical (unpaired) electrons. The van der Waals surface area contributed by atoms with Gasteiger partial charge in [-0.25, -0.2) is 0 Å². The molecule has 0 amide bonds. The monoisotopic (exact) mass is 394 g/mol. The predicted molar refractivity (Wildman–Crippen MR) is 100.0 cm³/mol. The molecule has 0 N–H and O–H groups in total. The zero-order valence-corrected chi connectivity index (χ0v) is 16.5. The average molecular weight is 394 g/mol. The van der Waals surface area contributed by atoms with E-state index in [1.165, 1.54) is 42.7 Å². The zero-order valence-electron chi connectivity index (χ0n) is 16.5. The Bertz CT molecular complexity index is 890. The van der Waals surface area contributed by atoms with Crippen molar-refractivity contribution in [3.8, 4) is 34.5 Å². The third-order valence-electron chi connectivity index (χ3n) is 4.13. The number of hydrogen-bond donors (Lipinski definition) is 0. The Morgan fingerprint density at radius 2 is 0.964 bits per heavy atom. The summed E-state index contributed by atoms with van der Waals surface area (Å²) in [4.78, 5) is 23.7. The van der Waals surface area contributed by atoms with Crippen LogP contribution in [-0.4, -0.2) is 62.0 Å². The minimum Gasteiger partial charge on any atom is -0.495 e. The number of benzene rings is 2. The number of carbonyl (C=O) groups is 2. The number of carbonyl (C=O) groups excluding carboxylic acids is 2. The van der Waals surface area contributed by atoms with Crippen molar-refractivity contribution in [1.29, 1.82) is 0 Å². The van der Waals surface area contributed by atoms with E-state index in [9.17, 15) is 9.59 Å². The molecule has 2 aromatic rings. The molecule has 0 saturated heterocycles. The van der Waals surface area contributed by atoms with Crippen molar-refractivity contribution in [2.24, 2.45) is 0 Å². The standard InChI is InChI=1S/C19H22O9/c1-22-9-28-17-11(8-21)15(24-3)12-13(19(17)27-6)18(26-5)16(25-4)10(7-20)14(12)23-2/h7-8H,9H2,1-6H3. The van der Waals surface area contributed by atoms with Crippen LogP contribution in [0, 0.1) is 0 Å². The Morgan fingerprint density at radius 1 is 0.571 bits per heavy atom. The van der Waals surface area contributed by atoms with Crippen molar-refractivity contribution in [3.05, 3.63) is 11.1 Å². The summed E-state index contributed by atoms with van der Waals surface area (Å²) >= 11 is 0. The molecule has 9 heteroatoms. The number of methoxy groups -OCH3 is 6. The van der Waals surface area contributed by atoms with Crippen molar-refractivity contribution >= 4 is 23.3 Å². The van der Waals surface area contributed by atoms with Gasteiger partial charge in [-0.1, -0.05) is 0 Å². The van der Waals surface area contributed by atoms with Crippen LogP contribution in [0.25, 0.3) is 10.8 Å². The van der Waals surface area contributed by atoms with E-state index < -0.39 is 0 Å². The van der Waals surface area contributed by atoms with E-state index in [1.54, 1.807) is 0 Å². The molecule has 2 rings (SSSR count). The Kier molecular flexibility index (Phi) is 6.89. The van der Waals surface area contributed by atoms with E-state index in [0.29, 0.717) is 23.3 Å². The maximum atomic E-state index is 11.9. The fourth-order valence-corrected chi connectivity index (χ4v) is 3.10. The van der Waals surface area contributed by atoms with E-state index >= 15 is 0 Å². The van der Waals surface area contributed by atoms with Gasteiger partial charge < -0.3 is 33.2 Å². The van der Waals surface area contributed by atoms with Crippen LogP contribution in [-0.2, 0) is 4.74 Å². The molecule has 28 heavy (non-hydrogen) atoms. The molecule has 0 fully saturated rings. The Balaban J connectivity index is 3.25. The highest BCUT2D eigenvalue weighted by molar-refractivity contribution is 6.13. The molecule has 0 aliphatic carbocycles. The van der Waals surface area contributed by atoms with Gasteiger partial charge in [0.15, 0.2) is 42.4 Å². The summed E-state index contributed by atoms with van der Waals surface area (Å²) in [7, 11) is 8.41. The van der Waals surface area contributed by atoms with Crippen molar-refractivity contribution in [2.75, 3.05) is 49.5 Å². The van der Waals surface area contributed by atoms with Crippen molar-refractivity contribution in [2.45, 2.75) is 0 Å². The van der Waals surface area contributed by atoms with Gasteiger partial charge in [-0.15, -0.1) is 0 Å². The highest BCUT2D eigenvalue weighted by atomic mass is 16.7. The summed E-state index contributed by atoms with van der Waals surface area (Å²) in [5.41, 5.74) is 0.156. The quantitative estimate of drug-likeness (QED) is 0.444. The Hall–Kier alpha value is -3.20. The minimum atomic E-state index is -0.144. The number of fused-ring (bicyclic) bond motifs is 1. The fraction of sp³-hybridized carbons (Fsp3) is 0.368. The van der Waals surface area contributed by atoms with Gasteiger partial charge in [-0.3, -0.25) is 9.59 Å². The molecule has 0 heterocycles. The van der Waals surface area contributed by atoms with Gasteiger partial charge in [0, 0.05) is 7.11 Å². The second-order valence-electron chi connectivity index (χ2n) is 5.36. The minimum absolute atomic E-state index is 0.0614. The van der Waals surface area contributed by atoms with Crippen LogP contribution in [0.3, 0.4) is 0 Å². The maximum Gasteiger partial charge on any atom is 0.188 e. The average Bonchev–Trinajstić information content (AvgIpc) is 2.73. The van der Waals surface area contributed by atoms with Crippen molar-refractivity contribution < 1.29 is 42.7 Å². The van der Waals surface area contributed by atoms with Crippen LogP contribution in [0.2, 0.25) is 0 Å². The van der Waals surface area contributed by atoms with Gasteiger partial charge in [-0.2, -0.15) is 0 Å². The molecule has 0 unspecified atom stereocenters. The Labute approximate surface area is 162 Å². The van der Waals surface area contributed by atoms with E-state index in [2.05, 4.69) is 0 Å². The highest BCUT2D eigenvalue weighted by Crippen LogP contribution is 2.56. The summed E-state index contributed by atoms with van der Waals surface area (Å²) in [6.45, 7) is -0.144. The van der Waals surface area contributed by atoms with Gasteiger partial charge in [0.1, 0.15) is 22.6 Å². The smallest absolute Gasteiger partial charge is 0.188 e. The number of hydrogen-bond acceptors (Lipinski definition) is 9. The zero-order chi connectivity index (χ0) is 20.8. The fourth-order valence-electron chi connectivity index (χ4n) is 3.10. The second kappa shape index (κ2) is 9.14. The summed E-state index contributed by atoms with van der Waals surface area (Å²) in [5.74, 6) is 0.844. The number of rotatable bonds is 10. The lowest BCUT2D eigenvalue weighted by Crippen LogP contribution is -2.08. The molecule has 0 aliphatic rings. The second-order valence-corrected chi connectivity index (χ2v) is 5.36. The van der Waals surface area contributed by atoms with Crippen LogP contribution >= 0.6 is 0 Å². The number of ether oxygens (including phenoxy) is 7. The summed E-state index contributed by atoms with van der Waals surface area (Å²) in [6, 6.07) is 0. The van der Waals surface area contributed by atoms with E-state index in [-0.39, 0.29) is 52.4 Å². The van der Waals surface area contributed by atoms with Gasteiger partial charge in [0.25, 0.3) is 0 Å². The summed E-state index contributed by atoms with van der Waals surface area (Å²) in [6.07, 6.45) is 1.13. The lowest BCUT2D eigenvalue weighted by molar-refractivity contribution is 0.0485. The molecular weight excluding hydrogens is 372 g/mol. The first kappa shape index (κ1) is 21.1. The molecule has 0 atom stereocenters. The molecule has 0 bridgehead atoms. The molecule has 2 aromatic carbocycles.